The zero-order chi connectivity index (χ0) is 13.7. The summed E-state index contributed by atoms with van der Waals surface area (Å²) in [7, 11) is 4.01. The number of hydrogen-bond acceptors (Lipinski definition) is 2. The SMILES string of the molecule is CNC(CCCc1ccccc1)c1cn(C)nc1C. The van der Waals surface area contributed by atoms with Crippen molar-refractivity contribution in [2.45, 2.75) is 32.2 Å². The molecule has 1 atom stereocenters. The van der Waals surface area contributed by atoms with E-state index in [4.69, 9.17) is 0 Å². The van der Waals surface area contributed by atoms with Crippen LogP contribution in [0.1, 0.15) is 35.7 Å². The van der Waals surface area contributed by atoms with Gasteiger partial charge in [0.15, 0.2) is 0 Å². The Morgan fingerprint density at radius 1 is 1.26 bits per heavy atom. The summed E-state index contributed by atoms with van der Waals surface area (Å²) in [5, 5.41) is 7.83. The molecule has 0 saturated heterocycles. The first kappa shape index (κ1) is 13.8. The minimum absolute atomic E-state index is 0.400. The monoisotopic (exact) mass is 257 g/mol. The third-order valence-corrected chi connectivity index (χ3v) is 3.58. The van der Waals surface area contributed by atoms with Gasteiger partial charge in [-0.15, -0.1) is 0 Å². The van der Waals surface area contributed by atoms with Crippen LogP contribution in [0.15, 0.2) is 36.5 Å². The van der Waals surface area contributed by atoms with Gasteiger partial charge in [-0.25, -0.2) is 0 Å². The summed E-state index contributed by atoms with van der Waals surface area (Å²) >= 11 is 0. The van der Waals surface area contributed by atoms with Crippen molar-refractivity contribution in [3.8, 4) is 0 Å². The van der Waals surface area contributed by atoms with Gasteiger partial charge in [-0.1, -0.05) is 30.3 Å². The van der Waals surface area contributed by atoms with E-state index in [1.807, 2.05) is 18.8 Å². The van der Waals surface area contributed by atoms with E-state index >= 15 is 0 Å². The highest BCUT2D eigenvalue weighted by Gasteiger charge is 2.14. The normalized spacial score (nSPS) is 12.6. The molecule has 2 aromatic rings. The number of benzene rings is 1. The first-order valence-corrected chi connectivity index (χ1v) is 6.92. The molecule has 1 N–H and O–H groups in total. The van der Waals surface area contributed by atoms with E-state index in [9.17, 15) is 0 Å². The van der Waals surface area contributed by atoms with Crippen molar-refractivity contribution in [1.29, 1.82) is 0 Å². The first-order valence-electron chi connectivity index (χ1n) is 6.92. The van der Waals surface area contributed by atoms with Gasteiger partial charge in [0.1, 0.15) is 0 Å². The Morgan fingerprint density at radius 2 is 2.00 bits per heavy atom. The molecule has 3 heteroatoms. The highest BCUT2D eigenvalue weighted by Crippen LogP contribution is 2.21. The Bertz CT molecular complexity index is 502. The van der Waals surface area contributed by atoms with Crippen molar-refractivity contribution in [1.82, 2.24) is 15.1 Å². The van der Waals surface area contributed by atoms with Crippen LogP contribution in [0.3, 0.4) is 0 Å². The summed E-state index contributed by atoms with van der Waals surface area (Å²) in [6.45, 7) is 2.08. The lowest BCUT2D eigenvalue weighted by Gasteiger charge is -2.15. The smallest absolute Gasteiger partial charge is 0.0641 e. The van der Waals surface area contributed by atoms with Crippen molar-refractivity contribution in [3.05, 3.63) is 53.3 Å². The minimum Gasteiger partial charge on any atom is -0.313 e. The molecule has 0 saturated carbocycles. The molecule has 1 unspecified atom stereocenters. The summed E-state index contributed by atoms with van der Waals surface area (Å²) in [5.41, 5.74) is 3.86. The maximum absolute atomic E-state index is 4.42. The third-order valence-electron chi connectivity index (χ3n) is 3.58. The molecular weight excluding hydrogens is 234 g/mol. The molecular formula is C16H23N3. The molecule has 0 bridgehead atoms. The van der Waals surface area contributed by atoms with Crippen LogP contribution in [0, 0.1) is 6.92 Å². The van der Waals surface area contributed by atoms with Gasteiger partial charge in [0, 0.05) is 24.8 Å². The Balaban J connectivity index is 1.91. The predicted octanol–water partition coefficient (Wildman–Crippen LogP) is 3.01. The van der Waals surface area contributed by atoms with Crippen LogP contribution < -0.4 is 5.32 Å². The average Bonchev–Trinajstić information content (AvgIpc) is 2.75. The maximum atomic E-state index is 4.42. The highest BCUT2D eigenvalue weighted by molar-refractivity contribution is 5.20. The molecule has 2 rings (SSSR count). The molecule has 1 heterocycles. The number of hydrogen-bond donors (Lipinski definition) is 1. The topological polar surface area (TPSA) is 29.9 Å². The van der Waals surface area contributed by atoms with Crippen molar-refractivity contribution < 1.29 is 0 Å². The van der Waals surface area contributed by atoms with E-state index in [2.05, 4.69) is 53.9 Å². The summed E-state index contributed by atoms with van der Waals surface area (Å²) in [6.07, 6.45) is 5.58. The number of nitrogens with one attached hydrogen (secondary N) is 1. The van der Waals surface area contributed by atoms with Crippen LogP contribution in [0.25, 0.3) is 0 Å². The van der Waals surface area contributed by atoms with Crippen LogP contribution in [0.5, 0.6) is 0 Å². The summed E-state index contributed by atoms with van der Waals surface area (Å²) in [5.74, 6) is 0. The zero-order valence-corrected chi connectivity index (χ0v) is 12.1. The van der Waals surface area contributed by atoms with Crippen LogP contribution in [0.2, 0.25) is 0 Å². The third kappa shape index (κ3) is 3.67. The average molecular weight is 257 g/mol. The second-order valence-corrected chi connectivity index (χ2v) is 5.06. The van der Waals surface area contributed by atoms with E-state index in [0.717, 1.165) is 18.5 Å². The van der Waals surface area contributed by atoms with Gasteiger partial charge in [0.2, 0.25) is 0 Å². The van der Waals surface area contributed by atoms with Crippen LogP contribution >= 0.6 is 0 Å². The zero-order valence-electron chi connectivity index (χ0n) is 12.1. The van der Waals surface area contributed by atoms with Gasteiger partial charge >= 0.3 is 0 Å². The fourth-order valence-corrected chi connectivity index (χ4v) is 2.57. The second-order valence-electron chi connectivity index (χ2n) is 5.06. The van der Waals surface area contributed by atoms with E-state index in [0.29, 0.717) is 6.04 Å². The molecule has 1 aromatic heterocycles. The molecule has 0 radical (unpaired) electrons. The van der Waals surface area contributed by atoms with E-state index in [1.165, 1.54) is 17.5 Å². The fourth-order valence-electron chi connectivity index (χ4n) is 2.57. The molecule has 0 spiro atoms. The Morgan fingerprint density at radius 3 is 2.58 bits per heavy atom. The van der Waals surface area contributed by atoms with Crippen LogP contribution in [-0.4, -0.2) is 16.8 Å². The molecule has 1 aromatic carbocycles. The number of aromatic nitrogens is 2. The molecule has 0 fully saturated rings. The lowest BCUT2D eigenvalue weighted by molar-refractivity contribution is 0.524. The fraction of sp³-hybridized carbons (Fsp3) is 0.438. The summed E-state index contributed by atoms with van der Waals surface area (Å²) < 4.78 is 1.90. The molecule has 0 aliphatic rings. The standard InChI is InChI=1S/C16H23N3/c1-13-15(12-19(3)18-13)16(17-2)11-7-10-14-8-5-4-6-9-14/h4-6,8-9,12,16-17H,7,10-11H2,1-3H3. The number of nitrogens with zero attached hydrogens (tertiary/aromatic N) is 2. The molecule has 0 aliphatic carbocycles. The quantitative estimate of drug-likeness (QED) is 0.862. The highest BCUT2D eigenvalue weighted by atomic mass is 15.3. The van der Waals surface area contributed by atoms with Crippen LogP contribution in [0.4, 0.5) is 0 Å². The van der Waals surface area contributed by atoms with Gasteiger partial charge in [-0.3, -0.25) is 4.68 Å². The van der Waals surface area contributed by atoms with Gasteiger partial charge in [-0.2, -0.15) is 5.10 Å². The molecule has 0 amide bonds. The van der Waals surface area contributed by atoms with Crippen molar-refractivity contribution in [2.24, 2.45) is 7.05 Å². The predicted molar refractivity (Wildman–Crippen MR) is 79.1 cm³/mol. The number of rotatable bonds is 6. The van der Waals surface area contributed by atoms with E-state index in [1.54, 1.807) is 0 Å². The Hall–Kier alpha value is -1.61. The Kier molecular flexibility index (Phi) is 4.74. The van der Waals surface area contributed by atoms with Crippen molar-refractivity contribution >= 4 is 0 Å². The van der Waals surface area contributed by atoms with Crippen molar-refractivity contribution in [3.63, 3.8) is 0 Å². The van der Waals surface area contributed by atoms with E-state index in [-0.39, 0.29) is 0 Å². The molecule has 3 nitrogen and oxygen atoms in total. The molecule has 19 heavy (non-hydrogen) atoms. The number of aryl methyl sites for hydroxylation is 3. The lowest BCUT2D eigenvalue weighted by Crippen LogP contribution is -2.17. The van der Waals surface area contributed by atoms with Gasteiger partial charge < -0.3 is 5.32 Å². The minimum atomic E-state index is 0.400. The maximum Gasteiger partial charge on any atom is 0.0641 e. The molecule has 102 valence electrons. The second kappa shape index (κ2) is 6.53. The van der Waals surface area contributed by atoms with Gasteiger partial charge in [-0.05, 0) is 38.8 Å². The van der Waals surface area contributed by atoms with Crippen molar-refractivity contribution in [2.75, 3.05) is 7.05 Å². The summed E-state index contributed by atoms with van der Waals surface area (Å²) in [4.78, 5) is 0. The largest absolute Gasteiger partial charge is 0.313 e. The summed E-state index contributed by atoms with van der Waals surface area (Å²) in [6, 6.07) is 11.1. The van der Waals surface area contributed by atoms with E-state index < -0.39 is 0 Å². The Labute approximate surface area is 115 Å². The molecule has 0 aliphatic heterocycles. The first-order chi connectivity index (χ1) is 9.20. The van der Waals surface area contributed by atoms with Crippen LogP contribution in [-0.2, 0) is 13.5 Å². The van der Waals surface area contributed by atoms with Gasteiger partial charge in [0.25, 0.3) is 0 Å². The lowest BCUT2D eigenvalue weighted by atomic mass is 10.00. The van der Waals surface area contributed by atoms with Gasteiger partial charge in [0.05, 0.1) is 5.69 Å².